The maximum Gasteiger partial charge on any atom is 0.375 e. The average molecular weight is 471 g/mol. The Hall–Kier alpha value is -3.92. The van der Waals surface area contributed by atoms with E-state index in [0.29, 0.717) is 11.1 Å². The Morgan fingerprint density at radius 2 is 1.76 bits per heavy atom. The third kappa shape index (κ3) is 5.29. The number of esters is 2. The van der Waals surface area contributed by atoms with Crippen molar-refractivity contribution in [1.29, 1.82) is 0 Å². The third-order valence-corrected chi connectivity index (χ3v) is 5.79. The lowest BCUT2D eigenvalue weighted by Gasteiger charge is -2.08. The second kappa shape index (κ2) is 10.6. The second-order valence-electron chi connectivity index (χ2n) is 6.71. The molecule has 33 heavy (non-hydrogen) atoms. The largest absolute Gasteiger partial charge is 0.462 e. The standard InChI is InChI=1S/C23H22N2O7S/c1-4-30-22(28)17-13(2)19(20(27)24-3)33-21(17)25-16(26)12-32-23(29)18-15(10-11-31-18)14-8-6-5-7-9-14/h5-11H,4,12H2,1-3H3,(H,24,27)(H,25,26). The van der Waals surface area contributed by atoms with Crippen LogP contribution in [0, 0.1) is 6.92 Å². The molecule has 3 rings (SSSR count). The Kier molecular flexibility index (Phi) is 7.62. The SMILES string of the molecule is CCOC(=O)c1c(NC(=O)COC(=O)c2occc2-c2ccccc2)sc(C(=O)NC)c1C. The minimum absolute atomic E-state index is 0.0323. The van der Waals surface area contributed by atoms with Crippen molar-refractivity contribution in [3.8, 4) is 11.1 Å². The van der Waals surface area contributed by atoms with Crippen LogP contribution in [0.25, 0.3) is 11.1 Å². The molecule has 0 bridgehead atoms. The molecule has 2 N–H and O–H groups in total. The molecule has 172 valence electrons. The van der Waals surface area contributed by atoms with Gasteiger partial charge < -0.3 is 24.5 Å². The molecular formula is C23H22N2O7S. The molecule has 0 spiro atoms. The molecule has 2 aromatic heterocycles. The molecule has 0 saturated carbocycles. The van der Waals surface area contributed by atoms with Gasteiger partial charge in [0.15, 0.2) is 6.61 Å². The van der Waals surface area contributed by atoms with Crippen molar-refractivity contribution in [2.24, 2.45) is 0 Å². The van der Waals surface area contributed by atoms with E-state index in [1.165, 1.54) is 13.3 Å². The summed E-state index contributed by atoms with van der Waals surface area (Å²) >= 11 is 0.929. The molecule has 0 radical (unpaired) electrons. The summed E-state index contributed by atoms with van der Waals surface area (Å²) in [5.74, 6) is -2.60. The molecule has 2 heterocycles. The number of carbonyl (C=O) groups excluding carboxylic acids is 4. The van der Waals surface area contributed by atoms with E-state index in [1.807, 2.05) is 30.3 Å². The Morgan fingerprint density at radius 1 is 1.03 bits per heavy atom. The zero-order valence-corrected chi connectivity index (χ0v) is 19.0. The van der Waals surface area contributed by atoms with Crippen LogP contribution in [0.1, 0.15) is 43.1 Å². The summed E-state index contributed by atoms with van der Waals surface area (Å²) in [6, 6.07) is 10.7. The molecule has 0 fully saturated rings. The molecule has 0 aliphatic heterocycles. The van der Waals surface area contributed by atoms with Gasteiger partial charge in [-0.1, -0.05) is 30.3 Å². The van der Waals surface area contributed by atoms with Crippen molar-refractivity contribution < 1.29 is 33.1 Å². The van der Waals surface area contributed by atoms with Crippen molar-refractivity contribution >= 4 is 40.1 Å². The summed E-state index contributed by atoms with van der Waals surface area (Å²) < 4.78 is 15.4. The number of nitrogens with one attached hydrogen (secondary N) is 2. The van der Waals surface area contributed by atoms with Gasteiger partial charge in [-0.2, -0.15) is 0 Å². The normalized spacial score (nSPS) is 10.4. The van der Waals surface area contributed by atoms with Gasteiger partial charge in [0.05, 0.1) is 23.3 Å². The number of anilines is 1. The van der Waals surface area contributed by atoms with Crippen LogP contribution in [-0.2, 0) is 14.3 Å². The van der Waals surface area contributed by atoms with Crippen LogP contribution in [-0.4, -0.2) is 44.0 Å². The lowest BCUT2D eigenvalue weighted by atomic mass is 10.1. The van der Waals surface area contributed by atoms with Crippen LogP contribution in [0.5, 0.6) is 0 Å². The van der Waals surface area contributed by atoms with Gasteiger partial charge in [-0.15, -0.1) is 11.3 Å². The van der Waals surface area contributed by atoms with Crippen molar-refractivity contribution in [2.75, 3.05) is 25.6 Å². The highest BCUT2D eigenvalue weighted by atomic mass is 32.1. The molecule has 2 amide bonds. The molecule has 0 aliphatic carbocycles. The molecule has 10 heteroatoms. The van der Waals surface area contributed by atoms with Gasteiger partial charge in [-0.3, -0.25) is 9.59 Å². The fourth-order valence-electron chi connectivity index (χ4n) is 3.05. The summed E-state index contributed by atoms with van der Waals surface area (Å²) in [6.07, 6.45) is 1.36. The number of ether oxygens (including phenoxy) is 2. The zero-order chi connectivity index (χ0) is 24.0. The maximum absolute atomic E-state index is 12.5. The smallest absolute Gasteiger partial charge is 0.375 e. The van der Waals surface area contributed by atoms with Crippen molar-refractivity contribution in [3.05, 3.63) is 64.4 Å². The summed E-state index contributed by atoms with van der Waals surface area (Å²) in [5, 5.41) is 5.15. The van der Waals surface area contributed by atoms with Crippen LogP contribution in [0.2, 0.25) is 0 Å². The number of benzene rings is 1. The molecule has 1 aromatic carbocycles. The topological polar surface area (TPSA) is 124 Å². The molecule has 3 aromatic rings. The van der Waals surface area contributed by atoms with Gasteiger partial charge in [0, 0.05) is 12.6 Å². The number of carbonyl (C=O) groups is 4. The third-order valence-electron chi connectivity index (χ3n) is 4.58. The van der Waals surface area contributed by atoms with Gasteiger partial charge in [-0.25, -0.2) is 9.59 Å². The minimum Gasteiger partial charge on any atom is -0.462 e. The molecular weight excluding hydrogens is 448 g/mol. The fourth-order valence-corrected chi connectivity index (χ4v) is 4.21. The highest BCUT2D eigenvalue weighted by molar-refractivity contribution is 7.18. The first-order valence-electron chi connectivity index (χ1n) is 9.99. The van der Waals surface area contributed by atoms with E-state index in [0.717, 1.165) is 16.9 Å². The van der Waals surface area contributed by atoms with Crippen LogP contribution < -0.4 is 10.6 Å². The number of thiophene rings is 1. The van der Waals surface area contributed by atoms with Crippen LogP contribution in [0.15, 0.2) is 47.1 Å². The predicted octanol–water partition coefficient (Wildman–Crippen LogP) is 3.65. The van der Waals surface area contributed by atoms with E-state index in [1.54, 1.807) is 19.9 Å². The van der Waals surface area contributed by atoms with Crippen LogP contribution in [0.4, 0.5) is 5.00 Å². The molecule has 9 nitrogen and oxygen atoms in total. The minimum atomic E-state index is -0.812. The number of furan rings is 1. The fraction of sp³-hybridized carbons (Fsp3) is 0.217. The van der Waals surface area contributed by atoms with Gasteiger partial charge >= 0.3 is 11.9 Å². The van der Waals surface area contributed by atoms with Crippen LogP contribution >= 0.6 is 11.3 Å². The van der Waals surface area contributed by atoms with E-state index in [-0.39, 0.29) is 27.8 Å². The van der Waals surface area contributed by atoms with Crippen molar-refractivity contribution in [3.63, 3.8) is 0 Å². The van der Waals surface area contributed by atoms with Crippen molar-refractivity contribution in [1.82, 2.24) is 5.32 Å². The quantitative estimate of drug-likeness (QED) is 0.482. The summed E-state index contributed by atoms with van der Waals surface area (Å²) in [4.78, 5) is 49.7. The van der Waals surface area contributed by atoms with E-state index in [2.05, 4.69) is 10.6 Å². The highest BCUT2D eigenvalue weighted by Gasteiger charge is 2.27. The molecule has 0 saturated heterocycles. The Bertz CT molecular complexity index is 1180. The lowest BCUT2D eigenvalue weighted by molar-refractivity contribution is -0.119. The van der Waals surface area contributed by atoms with Crippen molar-refractivity contribution in [2.45, 2.75) is 13.8 Å². The molecule has 0 unspecified atom stereocenters. The Balaban J connectivity index is 1.73. The summed E-state index contributed by atoms with van der Waals surface area (Å²) in [6.45, 7) is 2.74. The highest BCUT2D eigenvalue weighted by Crippen LogP contribution is 2.34. The van der Waals surface area contributed by atoms with Crippen LogP contribution in [0.3, 0.4) is 0 Å². The first kappa shape index (κ1) is 23.7. The number of hydrogen-bond donors (Lipinski definition) is 2. The predicted molar refractivity (Wildman–Crippen MR) is 121 cm³/mol. The number of amides is 2. The second-order valence-corrected chi connectivity index (χ2v) is 7.73. The van der Waals surface area contributed by atoms with E-state index in [4.69, 9.17) is 13.9 Å². The summed E-state index contributed by atoms with van der Waals surface area (Å²) in [5.41, 5.74) is 1.76. The van der Waals surface area contributed by atoms with Gasteiger partial charge in [0.2, 0.25) is 5.76 Å². The first-order valence-corrected chi connectivity index (χ1v) is 10.8. The van der Waals surface area contributed by atoms with E-state index < -0.39 is 30.4 Å². The maximum atomic E-state index is 12.5. The van der Waals surface area contributed by atoms with Gasteiger partial charge in [-0.05, 0) is 31.0 Å². The Morgan fingerprint density at radius 3 is 2.42 bits per heavy atom. The molecule has 0 aliphatic rings. The van der Waals surface area contributed by atoms with E-state index >= 15 is 0 Å². The first-order chi connectivity index (χ1) is 15.9. The average Bonchev–Trinajstić information content (AvgIpc) is 3.42. The Labute approximate surface area is 193 Å². The number of rotatable bonds is 8. The zero-order valence-electron chi connectivity index (χ0n) is 18.2. The summed E-state index contributed by atoms with van der Waals surface area (Å²) in [7, 11) is 1.46. The molecule has 0 atom stereocenters. The van der Waals surface area contributed by atoms with Gasteiger partial charge in [0.25, 0.3) is 11.8 Å². The van der Waals surface area contributed by atoms with Gasteiger partial charge in [0.1, 0.15) is 5.00 Å². The van der Waals surface area contributed by atoms with E-state index in [9.17, 15) is 19.2 Å². The monoisotopic (exact) mass is 470 g/mol. The lowest BCUT2D eigenvalue weighted by Crippen LogP contribution is -2.21. The number of hydrogen-bond acceptors (Lipinski definition) is 8.